The maximum atomic E-state index is 13.7. The molecule has 1 aromatic heterocycles. The minimum atomic E-state index is -0.525. The van der Waals surface area contributed by atoms with Crippen LogP contribution < -0.4 is 4.90 Å². The Morgan fingerprint density at radius 3 is 2.49 bits per heavy atom. The zero-order valence-corrected chi connectivity index (χ0v) is 20.4. The van der Waals surface area contributed by atoms with Gasteiger partial charge in [0.05, 0.1) is 18.2 Å². The Balaban J connectivity index is 1.42. The number of halogens is 1. The first-order valence-electron chi connectivity index (χ1n) is 12.0. The van der Waals surface area contributed by atoms with Gasteiger partial charge in [-0.2, -0.15) is 0 Å². The van der Waals surface area contributed by atoms with Gasteiger partial charge >= 0.3 is 0 Å². The number of carbonyl (C=O) groups excluding carboxylic acids is 2. The Labute approximate surface area is 209 Å². The summed E-state index contributed by atoms with van der Waals surface area (Å²) in [6.45, 7) is 4.68. The third-order valence-corrected chi connectivity index (χ3v) is 7.98. The van der Waals surface area contributed by atoms with E-state index in [1.54, 1.807) is 12.1 Å². The summed E-state index contributed by atoms with van der Waals surface area (Å²) in [6.07, 6.45) is 0.158. The van der Waals surface area contributed by atoms with Crippen molar-refractivity contribution in [3.63, 3.8) is 0 Å². The fourth-order valence-corrected chi connectivity index (χ4v) is 5.91. The van der Waals surface area contributed by atoms with E-state index in [0.29, 0.717) is 17.3 Å². The minimum absolute atomic E-state index is 0.0410. The highest BCUT2D eigenvalue weighted by molar-refractivity contribution is 6.32. The van der Waals surface area contributed by atoms with Crippen molar-refractivity contribution in [2.45, 2.75) is 38.3 Å². The van der Waals surface area contributed by atoms with Crippen molar-refractivity contribution in [3.8, 4) is 0 Å². The fourth-order valence-electron chi connectivity index (χ4n) is 5.74. The summed E-state index contributed by atoms with van der Waals surface area (Å²) in [6, 6.07) is 23.6. The molecule has 0 bridgehead atoms. The Hall–Kier alpha value is -3.41. The number of nitrogens with zero attached hydrogens (tertiary/aromatic N) is 2. The Morgan fingerprint density at radius 1 is 0.971 bits per heavy atom. The van der Waals surface area contributed by atoms with E-state index in [1.165, 1.54) is 21.4 Å². The first-order chi connectivity index (χ1) is 16.9. The standard InChI is InChI=1S/C29H26ClN3O2/c1-17-12-13-20(14-23(17)30)33-26(34)15-25(29(33)35)32-16-22(19-8-4-3-5-9-19)27-21-10-6-7-11-24(21)31-28(27)18(32)2/h3-14,18,22,25,31H,15-16H2,1-2H3. The molecule has 0 radical (unpaired) electrons. The number of amides is 2. The van der Waals surface area contributed by atoms with Crippen LogP contribution in [0.2, 0.25) is 5.02 Å². The molecule has 3 unspecified atom stereocenters. The third kappa shape index (κ3) is 3.49. The molecule has 3 heterocycles. The number of anilines is 1. The van der Waals surface area contributed by atoms with E-state index in [0.717, 1.165) is 16.8 Å². The van der Waals surface area contributed by atoms with Gasteiger partial charge < -0.3 is 4.98 Å². The van der Waals surface area contributed by atoms with E-state index in [4.69, 9.17) is 11.6 Å². The van der Waals surface area contributed by atoms with Crippen LogP contribution in [0.5, 0.6) is 0 Å². The number of benzene rings is 3. The van der Waals surface area contributed by atoms with Crippen LogP contribution in [0.3, 0.4) is 0 Å². The molecule has 6 heteroatoms. The minimum Gasteiger partial charge on any atom is -0.357 e. The summed E-state index contributed by atoms with van der Waals surface area (Å²) >= 11 is 6.31. The summed E-state index contributed by atoms with van der Waals surface area (Å²) < 4.78 is 0. The Morgan fingerprint density at radius 2 is 1.71 bits per heavy atom. The Kier molecular flexibility index (Phi) is 5.28. The van der Waals surface area contributed by atoms with E-state index in [9.17, 15) is 9.59 Å². The van der Waals surface area contributed by atoms with Crippen molar-refractivity contribution < 1.29 is 9.59 Å². The number of rotatable bonds is 3. The summed E-state index contributed by atoms with van der Waals surface area (Å²) in [4.78, 5) is 33.9. The molecular formula is C29H26ClN3O2. The SMILES string of the molecule is Cc1ccc(N2C(=O)CC(N3CC(c4ccccc4)c4c([nH]c5ccccc45)C3C)C2=O)cc1Cl. The van der Waals surface area contributed by atoms with Crippen LogP contribution >= 0.6 is 11.6 Å². The lowest BCUT2D eigenvalue weighted by Crippen LogP contribution is -2.47. The zero-order chi connectivity index (χ0) is 24.3. The number of nitrogens with one attached hydrogen (secondary N) is 1. The zero-order valence-electron chi connectivity index (χ0n) is 19.7. The maximum absolute atomic E-state index is 13.7. The van der Waals surface area contributed by atoms with Crippen LogP contribution in [-0.4, -0.2) is 34.3 Å². The number of fused-ring (bicyclic) bond motifs is 3. The fraction of sp³-hybridized carbons (Fsp3) is 0.241. The largest absolute Gasteiger partial charge is 0.357 e. The van der Waals surface area contributed by atoms with Crippen molar-refractivity contribution in [3.05, 3.63) is 100 Å². The molecule has 2 aliphatic rings. The molecular weight excluding hydrogens is 458 g/mol. The maximum Gasteiger partial charge on any atom is 0.251 e. The number of hydrogen-bond donors (Lipinski definition) is 1. The molecule has 3 atom stereocenters. The van der Waals surface area contributed by atoms with Gasteiger partial charge in [-0.3, -0.25) is 14.5 Å². The van der Waals surface area contributed by atoms with Gasteiger partial charge in [-0.25, -0.2) is 4.90 Å². The molecule has 0 saturated carbocycles. The average Bonchev–Trinajstić information content (AvgIpc) is 3.39. The molecule has 1 saturated heterocycles. The highest BCUT2D eigenvalue weighted by atomic mass is 35.5. The topological polar surface area (TPSA) is 56.4 Å². The van der Waals surface area contributed by atoms with E-state index >= 15 is 0 Å². The first kappa shape index (κ1) is 22.1. The van der Waals surface area contributed by atoms with Crippen LogP contribution in [0.1, 0.15) is 47.7 Å². The van der Waals surface area contributed by atoms with Gasteiger partial charge in [-0.05, 0) is 48.7 Å². The van der Waals surface area contributed by atoms with Crippen LogP contribution in [0.15, 0.2) is 72.8 Å². The average molecular weight is 484 g/mol. The molecule has 2 aliphatic heterocycles. The molecule has 0 spiro atoms. The van der Waals surface area contributed by atoms with Gasteiger partial charge in [-0.15, -0.1) is 0 Å². The molecule has 2 amide bonds. The lowest BCUT2D eigenvalue weighted by molar-refractivity contribution is -0.123. The quantitative estimate of drug-likeness (QED) is 0.365. The van der Waals surface area contributed by atoms with E-state index < -0.39 is 6.04 Å². The highest BCUT2D eigenvalue weighted by Gasteiger charge is 2.47. The molecule has 176 valence electrons. The molecule has 3 aromatic carbocycles. The number of para-hydroxylation sites is 1. The molecule has 1 N–H and O–H groups in total. The predicted octanol–water partition coefficient (Wildman–Crippen LogP) is 5.97. The van der Waals surface area contributed by atoms with Gasteiger partial charge in [0.2, 0.25) is 5.91 Å². The normalized spacial score (nSPS) is 22.7. The van der Waals surface area contributed by atoms with Crippen molar-refractivity contribution in [2.75, 3.05) is 11.4 Å². The molecule has 5 nitrogen and oxygen atoms in total. The number of imide groups is 1. The predicted molar refractivity (Wildman–Crippen MR) is 139 cm³/mol. The van der Waals surface area contributed by atoms with Crippen LogP contribution in [-0.2, 0) is 9.59 Å². The summed E-state index contributed by atoms with van der Waals surface area (Å²) in [7, 11) is 0. The number of H-pyrrole nitrogens is 1. The van der Waals surface area contributed by atoms with Gasteiger partial charge in [0, 0.05) is 40.1 Å². The van der Waals surface area contributed by atoms with E-state index in [2.05, 4.69) is 59.3 Å². The lowest BCUT2D eigenvalue weighted by atomic mass is 9.83. The second kappa shape index (κ2) is 8.36. The van der Waals surface area contributed by atoms with Gasteiger partial charge in [0.1, 0.15) is 0 Å². The van der Waals surface area contributed by atoms with Gasteiger partial charge in [0.25, 0.3) is 5.91 Å². The molecule has 6 rings (SSSR count). The van der Waals surface area contributed by atoms with Gasteiger partial charge in [0.15, 0.2) is 0 Å². The third-order valence-electron chi connectivity index (χ3n) is 7.57. The molecule has 4 aromatic rings. The van der Waals surface area contributed by atoms with Crippen LogP contribution in [0, 0.1) is 6.92 Å². The molecule has 0 aliphatic carbocycles. The molecule has 1 fully saturated rings. The van der Waals surface area contributed by atoms with Crippen molar-refractivity contribution in [1.29, 1.82) is 0 Å². The lowest BCUT2D eigenvalue weighted by Gasteiger charge is -2.40. The number of aromatic nitrogens is 1. The smallest absolute Gasteiger partial charge is 0.251 e. The second-order valence-corrected chi connectivity index (χ2v) is 9.96. The van der Waals surface area contributed by atoms with Crippen LogP contribution in [0.25, 0.3) is 10.9 Å². The number of aromatic amines is 1. The summed E-state index contributed by atoms with van der Waals surface area (Å²) in [5.74, 6) is -0.289. The number of carbonyl (C=O) groups is 2. The van der Waals surface area contributed by atoms with Crippen molar-refractivity contribution >= 4 is 40.0 Å². The Bertz CT molecular complexity index is 1460. The summed E-state index contributed by atoms with van der Waals surface area (Å²) in [5, 5.41) is 1.76. The van der Waals surface area contributed by atoms with E-state index in [1.807, 2.05) is 25.1 Å². The van der Waals surface area contributed by atoms with Crippen molar-refractivity contribution in [1.82, 2.24) is 9.88 Å². The monoisotopic (exact) mass is 483 g/mol. The highest BCUT2D eigenvalue weighted by Crippen LogP contribution is 2.45. The van der Waals surface area contributed by atoms with Crippen molar-refractivity contribution in [2.24, 2.45) is 0 Å². The summed E-state index contributed by atoms with van der Waals surface area (Å²) in [5.41, 5.74) is 6.14. The van der Waals surface area contributed by atoms with Crippen LogP contribution in [0.4, 0.5) is 5.69 Å². The number of hydrogen-bond acceptors (Lipinski definition) is 3. The molecule has 35 heavy (non-hydrogen) atoms. The van der Waals surface area contributed by atoms with E-state index in [-0.39, 0.29) is 30.2 Å². The second-order valence-electron chi connectivity index (χ2n) is 9.55. The first-order valence-corrected chi connectivity index (χ1v) is 12.4. The number of aryl methyl sites for hydroxylation is 1. The van der Waals surface area contributed by atoms with Gasteiger partial charge in [-0.1, -0.05) is 66.2 Å².